The third-order valence-electron chi connectivity index (χ3n) is 3.83. The smallest absolute Gasteiger partial charge is 0.266 e. The molecule has 0 saturated carbocycles. The molecule has 3 rings (SSSR count). The van der Waals surface area contributed by atoms with E-state index in [0.29, 0.717) is 16.4 Å². The number of thiocarbonyl (C=S) groups is 1. The third kappa shape index (κ3) is 3.51. The number of methoxy groups -OCH3 is 1. The molecule has 0 aliphatic carbocycles. The van der Waals surface area contributed by atoms with Crippen molar-refractivity contribution in [3.8, 4) is 17.1 Å². The number of aliphatic carboxylic acids is 1. The van der Waals surface area contributed by atoms with Crippen molar-refractivity contribution in [3.05, 3.63) is 47.1 Å². The van der Waals surface area contributed by atoms with Gasteiger partial charge in [-0.1, -0.05) is 24.0 Å². The normalized spacial score (nSPS) is 17.0. The van der Waals surface area contributed by atoms with Gasteiger partial charge in [0.25, 0.3) is 5.91 Å². The number of amides is 1. The van der Waals surface area contributed by atoms with Crippen LogP contribution in [0.25, 0.3) is 17.4 Å². The molecule has 1 aliphatic heterocycles. The Balaban J connectivity index is 1.82. The maximum atomic E-state index is 12.4. The molecular weight excluding hydrogens is 374 g/mol. The number of carbonyl (C=O) groups is 2. The Labute approximate surface area is 159 Å². The van der Waals surface area contributed by atoms with Gasteiger partial charge in [-0.3, -0.25) is 9.69 Å². The topological polar surface area (TPSA) is 82.8 Å². The van der Waals surface area contributed by atoms with Crippen LogP contribution in [0.3, 0.4) is 0 Å². The average molecular weight is 388 g/mol. The first kappa shape index (κ1) is 18.2. The molecule has 26 heavy (non-hydrogen) atoms. The van der Waals surface area contributed by atoms with Gasteiger partial charge >= 0.3 is 0 Å². The Kier molecular flexibility index (Phi) is 5.15. The Morgan fingerprint density at radius 2 is 2.00 bits per heavy atom. The maximum Gasteiger partial charge on any atom is 0.266 e. The van der Waals surface area contributed by atoms with Crippen molar-refractivity contribution in [1.82, 2.24) is 4.90 Å². The maximum absolute atomic E-state index is 12.4. The summed E-state index contributed by atoms with van der Waals surface area (Å²) in [6, 6.07) is 9.77. The number of carbonyl (C=O) groups excluding carboxylic acids is 2. The zero-order valence-electron chi connectivity index (χ0n) is 13.9. The van der Waals surface area contributed by atoms with Crippen molar-refractivity contribution in [1.29, 1.82) is 0 Å². The second-order valence-corrected chi connectivity index (χ2v) is 7.15. The molecule has 134 valence electrons. The molecule has 1 fully saturated rings. The molecule has 8 heteroatoms. The minimum absolute atomic E-state index is 0.180. The number of nitrogens with zero attached hydrogens (tertiary/aromatic N) is 1. The first-order chi connectivity index (χ1) is 12.4. The van der Waals surface area contributed by atoms with E-state index in [0.717, 1.165) is 28.0 Å². The van der Waals surface area contributed by atoms with Gasteiger partial charge in [0.1, 0.15) is 21.6 Å². The first-order valence-electron chi connectivity index (χ1n) is 7.63. The summed E-state index contributed by atoms with van der Waals surface area (Å²) in [5, 5.41) is 11.0. The molecule has 6 nitrogen and oxygen atoms in total. The number of ether oxygens (including phenoxy) is 1. The number of carboxylic acid groups (broad SMARTS) is 1. The monoisotopic (exact) mass is 388 g/mol. The highest BCUT2D eigenvalue weighted by atomic mass is 32.2. The zero-order valence-corrected chi connectivity index (χ0v) is 15.6. The number of carboxylic acids is 1. The molecule has 0 bridgehead atoms. The van der Waals surface area contributed by atoms with Crippen LogP contribution in [-0.2, 0) is 9.59 Å². The van der Waals surface area contributed by atoms with E-state index in [9.17, 15) is 14.7 Å². The van der Waals surface area contributed by atoms with Crippen LogP contribution in [0.5, 0.6) is 5.75 Å². The van der Waals surface area contributed by atoms with Gasteiger partial charge in [-0.05, 0) is 43.3 Å². The molecule has 1 aliphatic rings. The van der Waals surface area contributed by atoms with Crippen LogP contribution in [0.1, 0.15) is 12.7 Å². The van der Waals surface area contributed by atoms with Crippen molar-refractivity contribution < 1.29 is 23.8 Å². The Morgan fingerprint density at radius 3 is 2.62 bits per heavy atom. The Morgan fingerprint density at radius 1 is 1.31 bits per heavy atom. The lowest BCUT2D eigenvalue weighted by Gasteiger charge is -2.23. The summed E-state index contributed by atoms with van der Waals surface area (Å²) >= 11 is 6.14. The predicted octanol–water partition coefficient (Wildman–Crippen LogP) is 2.29. The number of rotatable bonds is 5. The zero-order chi connectivity index (χ0) is 18.8. The minimum atomic E-state index is -1.36. The van der Waals surface area contributed by atoms with E-state index in [1.54, 1.807) is 25.3 Å². The van der Waals surface area contributed by atoms with Gasteiger partial charge in [-0.2, -0.15) is 0 Å². The molecule has 1 aromatic carbocycles. The lowest BCUT2D eigenvalue weighted by molar-refractivity contribution is -0.309. The quantitative estimate of drug-likeness (QED) is 0.574. The summed E-state index contributed by atoms with van der Waals surface area (Å²) in [5.74, 6) is 0.0163. The predicted molar refractivity (Wildman–Crippen MR) is 100 cm³/mol. The molecule has 0 N–H and O–H groups in total. The third-order valence-corrected chi connectivity index (χ3v) is 5.16. The summed E-state index contributed by atoms with van der Waals surface area (Å²) in [6.07, 6.45) is 1.55. The van der Waals surface area contributed by atoms with E-state index in [4.69, 9.17) is 21.4 Å². The van der Waals surface area contributed by atoms with E-state index >= 15 is 0 Å². The van der Waals surface area contributed by atoms with Crippen LogP contribution in [-0.4, -0.2) is 34.2 Å². The van der Waals surface area contributed by atoms with Crippen molar-refractivity contribution in [3.63, 3.8) is 0 Å². The van der Waals surface area contributed by atoms with E-state index in [1.165, 1.54) is 6.92 Å². The van der Waals surface area contributed by atoms with Crippen LogP contribution in [0.2, 0.25) is 0 Å². The SMILES string of the molecule is COc1ccc(-c2ccc(/C=C3/SC(=S)N([C@H](C)C(=O)[O-])C3=O)o2)cc1. The number of benzene rings is 1. The Bertz CT molecular complexity index is 901. The van der Waals surface area contributed by atoms with Crippen LogP contribution in [0.4, 0.5) is 0 Å². The van der Waals surface area contributed by atoms with E-state index in [2.05, 4.69) is 0 Å². The van der Waals surface area contributed by atoms with E-state index < -0.39 is 17.9 Å². The molecule has 1 aromatic heterocycles. The van der Waals surface area contributed by atoms with Gasteiger partial charge in [-0.15, -0.1) is 0 Å². The molecule has 1 amide bonds. The van der Waals surface area contributed by atoms with Crippen molar-refractivity contribution in [2.24, 2.45) is 0 Å². The Hall–Kier alpha value is -2.58. The molecular formula is C18H14NO5S2-. The lowest BCUT2D eigenvalue weighted by atomic mass is 10.2. The van der Waals surface area contributed by atoms with Gasteiger partial charge in [0.15, 0.2) is 0 Å². The van der Waals surface area contributed by atoms with Crippen LogP contribution in [0.15, 0.2) is 45.7 Å². The number of thioether (sulfide) groups is 1. The summed E-state index contributed by atoms with van der Waals surface area (Å²) in [4.78, 5) is 24.8. The number of hydrogen-bond donors (Lipinski definition) is 0. The molecule has 0 unspecified atom stereocenters. The summed E-state index contributed by atoms with van der Waals surface area (Å²) in [5.41, 5.74) is 0.864. The van der Waals surface area contributed by atoms with Gasteiger partial charge in [0, 0.05) is 11.6 Å². The van der Waals surface area contributed by atoms with Gasteiger partial charge in [-0.25, -0.2) is 0 Å². The highest BCUT2D eigenvalue weighted by Gasteiger charge is 2.36. The minimum Gasteiger partial charge on any atom is -0.548 e. The van der Waals surface area contributed by atoms with Crippen molar-refractivity contribution in [2.45, 2.75) is 13.0 Å². The molecule has 1 saturated heterocycles. The first-order valence-corrected chi connectivity index (χ1v) is 8.85. The van der Waals surface area contributed by atoms with Crippen LogP contribution >= 0.6 is 24.0 Å². The van der Waals surface area contributed by atoms with Gasteiger partial charge in [0.05, 0.1) is 24.0 Å². The highest BCUT2D eigenvalue weighted by molar-refractivity contribution is 8.26. The molecule has 0 radical (unpaired) electrons. The summed E-state index contributed by atoms with van der Waals surface area (Å²) < 4.78 is 11.1. The van der Waals surface area contributed by atoms with Crippen LogP contribution < -0.4 is 9.84 Å². The van der Waals surface area contributed by atoms with Gasteiger partial charge in [0.2, 0.25) is 0 Å². The van der Waals surface area contributed by atoms with Crippen molar-refractivity contribution >= 4 is 46.3 Å². The fourth-order valence-corrected chi connectivity index (χ4v) is 3.79. The fraction of sp³-hybridized carbons (Fsp3) is 0.167. The standard InChI is InChI=1S/C18H15NO5S2/c1-10(17(21)22)19-16(20)15(26-18(19)25)9-13-7-8-14(24-13)11-3-5-12(23-2)6-4-11/h3-10H,1-2H3,(H,21,22)/p-1/b15-9+/t10-/m1/s1. The average Bonchev–Trinajstić information content (AvgIpc) is 3.19. The molecule has 2 aromatic rings. The van der Waals surface area contributed by atoms with Crippen LogP contribution in [0, 0.1) is 0 Å². The fourth-order valence-electron chi connectivity index (χ4n) is 2.39. The summed E-state index contributed by atoms with van der Waals surface area (Å²) in [6.45, 7) is 1.36. The molecule has 1 atom stereocenters. The second-order valence-electron chi connectivity index (χ2n) is 5.48. The highest BCUT2D eigenvalue weighted by Crippen LogP contribution is 2.34. The van der Waals surface area contributed by atoms with Crippen molar-refractivity contribution in [2.75, 3.05) is 7.11 Å². The number of hydrogen-bond acceptors (Lipinski definition) is 7. The van der Waals surface area contributed by atoms with E-state index in [-0.39, 0.29) is 4.32 Å². The lowest BCUT2D eigenvalue weighted by Crippen LogP contribution is -2.48. The van der Waals surface area contributed by atoms with Gasteiger partial charge < -0.3 is 19.1 Å². The second kappa shape index (κ2) is 7.35. The van der Waals surface area contributed by atoms with E-state index in [1.807, 2.05) is 24.3 Å². The number of furan rings is 1. The summed E-state index contributed by atoms with van der Waals surface area (Å²) in [7, 11) is 1.59. The molecule has 2 heterocycles. The largest absolute Gasteiger partial charge is 0.548 e. The molecule has 0 spiro atoms.